The normalized spacial score (nSPS) is 13.5. The number of carboxylic acids is 1. The lowest BCUT2D eigenvalue weighted by Gasteiger charge is -2.18. The van der Waals surface area contributed by atoms with Crippen LogP contribution in [0.2, 0.25) is 10.0 Å². The van der Waals surface area contributed by atoms with E-state index in [2.05, 4.69) is 5.32 Å². The van der Waals surface area contributed by atoms with Crippen LogP contribution in [-0.2, 0) is 20.7 Å². The topological polar surface area (TPSA) is 75.6 Å². The molecule has 0 radical (unpaired) electrons. The molecule has 1 rings (SSSR count). The fourth-order valence-corrected chi connectivity index (χ4v) is 2.38. The zero-order chi connectivity index (χ0) is 16.0. The average molecular weight is 334 g/mol. The van der Waals surface area contributed by atoms with E-state index in [1.807, 2.05) is 0 Å². The van der Waals surface area contributed by atoms with Gasteiger partial charge in [0.2, 0.25) is 5.91 Å². The number of hydrogen-bond acceptors (Lipinski definition) is 3. The van der Waals surface area contributed by atoms with Crippen LogP contribution in [0.4, 0.5) is 0 Å². The van der Waals surface area contributed by atoms with Crippen molar-refractivity contribution in [3.8, 4) is 0 Å². The number of carbonyl (C=O) groups excluding carboxylic acids is 1. The van der Waals surface area contributed by atoms with Crippen molar-refractivity contribution in [2.24, 2.45) is 5.92 Å². The minimum Gasteiger partial charge on any atom is -0.480 e. The van der Waals surface area contributed by atoms with Crippen LogP contribution >= 0.6 is 23.2 Å². The van der Waals surface area contributed by atoms with Crippen LogP contribution in [0.1, 0.15) is 12.5 Å². The molecule has 0 aromatic heterocycles. The van der Waals surface area contributed by atoms with Gasteiger partial charge < -0.3 is 15.2 Å². The lowest BCUT2D eigenvalue weighted by Crippen LogP contribution is -2.45. The van der Waals surface area contributed by atoms with Crippen molar-refractivity contribution in [1.29, 1.82) is 0 Å². The van der Waals surface area contributed by atoms with E-state index in [-0.39, 0.29) is 18.9 Å². The second-order valence-corrected chi connectivity index (χ2v) is 5.61. The highest BCUT2D eigenvalue weighted by molar-refractivity contribution is 6.34. The first-order chi connectivity index (χ1) is 9.83. The highest BCUT2D eigenvalue weighted by Gasteiger charge is 2.23. The van der Waals surface area contributed by atoms with E-state index in [1.54, 1.807) is 25.1 Å². The number of methoxy groups -OCH3 is 1. The molecule has 116 valence electrons. The Morgan fingerprint density at radius 3 is 2.33 bits per heavy atom. The van der Waals surface area contributed by atoms with Crippen LogP contribution in [0.5, 0.6) is 0 Å². The quantitative estimate of drug-likeness (QED) is 0.803. The van der Waals surface area contributed by atoms with Gasteiger partial charge in [0.15, 0.2) is 0 Å². The predicted molar refractivity (Wildman–Crippen MR) is 80.8 cm³/mol. The molecule has 0 saturated heterocycles. The third-order valence-electron chi connectivity index (χ3n) is 2.84. The van der Waals surface area contributed by atoms with E-state index < -0.39 is 17.9 Å². The van der Waals surface area contributed by atoms with E-state index in [0.29, 0.717) is 15.6 Å². The van der Waals surface area contributed by atoms with Crippen LogP contribution < -0.4 is 5.32 Å². The molecule has 1 aromatic rings. The number of amides is 1. The predicted octanol–water partition coefficient (Wildman–Crippen LogP) is 2.39. The average Bonchev–Trinajstić information content (AvgIpc) is 2.36. The maximum atomic E-state index is 11.9. The second kappa shape index (κ2) is 8.22. The van der Waals surface area contributed by atoms with Crippen LogP contribution in [0, 0.1) is 5.92 Å². The lowest BCUT2D eigenvalue weighted by atomic mass is 10.0. The summed E-state index contributed by atoms with van der Waals surface area (Å²) in [5.74, 6) is -1.93. The number of halogens is 2. The highest BCUT2D eigenvalue weighted by Crippen LogP contribution is 2.20. The number of carboxylic acid groups (broad SMARTS) is 1. The molecule has 2 N–H and O–H groups in total. The van der Waals surface area contributed by atoms with E-state index in [4.69, 9.17) is 27.9 Å². The Morgan fingerprint density at radius 1 is 1.29 bits per heavy atom. The number of ether oxygens (including phenoxy) is 1. The molecule has 0 saturated carbocycles. The van der Waals surface area contributed by atoms with Gasteiger partial charge in [0.25, 0.3) is 0 Å². The molecule has 5 nitrogen and oxygen atoms in total. The largest absolute Gasteiger partial charge is 0.480 e. The van der Waals surface area contributed by atoms with E-state index in [1.165, 1.54) is 7.11 Å². The summed E-state index contributed by atoms with van der Waals surface area (Å²) in [5, 5.41) is 12.5. The van der Waals surface area contributed by atoms with Gasteiger partial charge in [-0.3, -0.25) is 4.79 Å². The Balaban J connectivity index is 2.78. The zero-order valence-corrected chi connectivity index (χ0v) is 13.2. The van der Waals surface area contributed by atoms with Gasteiger partial charge in [-0.25, -0.2) is 4.79 Å². The van der Waals surface area contributed by atoms with E-state index >= 15 is 0 Å². The molecule has 1 amide bonds. The summed E-state index contributed by atoms with van der Waals surface area (Å²) in [6.45, 7) is 1.88. The molecular formula is C14H17Cl2NO4. The van der Waals surface area contributed by atoms with Crippen molar-refractivity contribution >= 4 is 35.1 Å². The Labute approximate surface area is 133 Å². The number of rotatable bonds is 7. The van der Waals surface area contributed by atoms with Gasteiger partial charge in [0.05, 0.1) is 12.5 Å². The summed E-state index contributed by atoms with van der Waals surface area (Å²) in [5.41, 5.74) is 0.639. The van der Waals surface area contributed by atoms with Crippen molar-refractivity contribution in [1.82, 2.24) is 5.32 Å². The van der Waals surface area contributed by atoms with Gasteiger partial charge in [-0.1, -0.05) is 30.1 Å². The summed E-state index contributed by atoms with van der Waals surface area (Å²) in [6.07, 6.45) is 0.0983. The molecule has 0 heterocycles. The maximum Gasteiger partial charge on any atom is 0.326 e. The van der Waals surface area contributed by atoms with Crippen LogP contribution in [-0.4, -0.2) is 36.7 Å². The maximum absolute atomic E-state index is 11.9. The summed E-state index contributed by atoms with van der Waals surface area (Å²) in [6, 6.07) is 3.75. The number of hydrogen-bond donors (Lipinski definition) is 2. The van der Waals surface area contributed by atoms with Crippen LogP contribution in [0.25, 0.3) is 0 Å². The Hall–Kier alpha value is -1.30. The van der Waals surface area contributed by atoms with E-state index in [9.17, 15) is 14.7 Å². The monoisotopic (exact) mass is 333 g/mol. The molecule has 0 aliphatic heterocycles. The smallest absolute Gasteiger partial charge is 0.326 e. The number of nitrogens with one attached hydrogen (secondary N) is 1. The third-order valence-corrected chi connectivity index (χ3v) is 3.28. The van der Waals surface area contributed by atoms with Gasteiger partial charge in [-0.15, -0.1) is 0 Å². The van der Waals surface area contributed by atoms with Crippen molar-refractivity contribution in [3.05, 3.63) is 33.8 Å². The molecule has 2 atom stereocenters. The van der Waals surface area contributed by atoms with Gasteiger partial charge in [-0.05, 0) is 23.8 Å². The Bertz CT molecular complexity index is 501. The van der Waals surface area contributed by atoms with Gasteiger partial charge in [-0.2, -0.15) is 0 Å². The minimum absolute atomic E-state index is 0.0983. The fraction of sp³-hybridized carbons (Fsp3) is 0.429. The molecule has 0 aliphatic rings. The van der Waals surface area contributed by atoms with Gasteiger partial charge >= 0.3 is 5.97 Å². The Morgan fingerprint density at radius 2 is 1.86 bits per heavy atom. The van der Waals surface area contributed by atoms with Crippen molar-refractivity contribution in [3.63, 3.8) is 0 Å². The summed E-state index contributed by atoms with van der Waals surface area (Å²) >= 11 is 11.7. The SMILES string of the molecule is COCC(C)C(=O)NC(Cc1cc(Cl)cc(Cl)c1)C(=O)O. The zero-order valence-electron chi connectivity index (χ0n) is 11.7. The van der Waals surface area contributed by atoms with Crippen molar-refractivity contribution in [2.75, 3.05) is 13.7 Å². The first-order valence-electron chi connectivity index (χ1n) is 6.30. The molecule has 0 bridgehead atoms. The van der Waals surface area contributed by atoms with Crippen LogP contribution in [0.15, 0.2) is 18.2 Å². The molecule has 21 heavy (non-hydrogen) atoms. The first kappa shape index (κ1) is 17.8. The number of aliphatic carboxylic acids is 1. The summed E-state index contributed by atoms with van der Waals surface area (Å²) in [4.78, 5) is 23.1. The summed E-state index contributed by atoms with van der Waals surface area (Å²) < 4.78 is 4.87. The molecule has 0 aliphatic carbocycles. The number of carbonyl (C=O) groups is 2. The fourth-order valence-electron chi connectivity index (χ4n) is 1.80. The molecular weight excluding hydrogens is 317 g/mol. The van der Waals surface area contributed by atoms with Gasteiger partial charge in [0.1, 0.15) is 6.04 Å². The van der Waals surface area contributed by atoms with Gasteiger partial charge in [0, 0.05) is 23.6 Å². The van der Waals surface area contributed by atoms with Crippen molar-refractivity contribution < 1.29 is 19.4 Å². The summed E-state index contributed by atoms with van der Waals surface area (Å²) in [7, 11) is 1.48. The molecule has 1 aromatic carbocycles. The molecule has 7 heteroatoms. The second-order valence-electron chi connectivity index (χ2n) is 4.74. The van der Waals surface area contributed by atoms with E-state index in [0.717, 1.165) is 0 Å². The Kier molecular flexibility index (Phi) is 6.95. The van der Waals surface area contributed by atoms with Crippen molar-refractivity contribution in [2.45, 2.75) is 19.4 Å². The molecule has 2 unspecified atom stereocenters. The molecule has 0 fully saturated rings. The van der Waals surface area contributed by atoms with Crippen LogP contribution in [0.3, 0.4) is 0 Å². The standard InChI is InChI=1S/C14H17Cl2NO4/c1-8(7-21-2)13(18)17-12(14(19)20)5-9-3-10(15)6-11(16)4-9/h3-4,6,8,12H,5,7H2,1-2H3,(H,17,18)(H,19,20). The lowest BCUT2D eigenvalue weighted by molar-refractivity contribution is -0.142. The highest BCUT2D eigenvalue weighted by atomic mass is 35.5. The number of benzene rings is 1. The molecule has 0 spiro atoms. The minimum atomic E-state index is -1.12. The third kappa shape index (κ3) is 5.91. The first-order valence-corrected chi connectivity index (χ1v) is 7.06.